The van der Waals surface area contributed by atoms with E-state index in [1.54, 1.807) is 46.1 Å². The minimum absolute atomic E-state index is 0.0240. The maximum atomic E-state index is 13.3. The number of hydrogen-bond donors (Lipinski definition) is 0. The van der Waals surface area contributed by atoms with Gasteiger partial charge in [0.15, 0.2) is 5.82 Å². The Labute approximate surface area is 190 Å². The number of carbonyl (C=O) groups excluding carboxylic acids is 2. The van der Waals surface area contributed by atoms with E-state index in [2.05, 4.69) is 15.1 Å². The van der Waals surface area contributed by atoms with Crippen LogP contribution in [0.2, 0.25) is 0 Å². The lowest BCUT2D eigenvalue weighted by Crippen LogP contribution is -2.54. The molecular weight excluding hydrogens is 428 g/mol. The van der Waals surface area contributed by atoms with Gasteiger partial charge in [0, 0.05) is 38.5 Å². The highest BCUT2D eigenvalue weighted by molar-refractivity contribution is 7.99. The van der Waals surface area contributed by atoms with Crippen LogP contribution in [0.1, 0.15) is 48.9 Å². The molecule has 0 N–H and O–H groups in total. The van der Waals surface area contributed by atoms with E-state index < -0.39 is 5.72 Å². The number of nitrogens with zero attached hydrogens (tertiary/aromatic N) is 6. The lowest BCUT2D eigenvalue weighted by atomic mass is 10.0. The predicted molar refractivity (Wildman–Crippen MR) is 121 cm³/mol. The third kappa shape index (κ3) is 3.46. The molecule has 4 heterocycles. The Balaban J connectivity index is 1.48. The molecule has 0 aromatic carbocycles. The highest BCUT2D eigenvalue weighted by Gasteiger charge is 2.54. The highest BCUT2D eigenvalue weighted by atomic mass is 32.2. The SMILES string of the molecule is CCN(C(=O)c1cnc(C2=NOC3(CCSCC3)N2C(=O)C2CC2)n1C)c1cccnc1. The van der Waals surface area contributed by atoms with Gasteiger partial charge in [-0.15, -0.1) is 0 Å². The Hall–Kier alpha value is -2.88. The maximum Gasteiger partial charge on any atom is 0.276 e. The lowest BCUT2D eigenvalue weighted by molar-refractivity contribution is -0.153. The van der Waals surface area contributed by atoms with Gasteiger partial charge in [-0.25, -0.2) is 9.88 Å². The van der Waals surface area contributed by atoms with Crippen molar-refractivity contribution in [3.8, 4) is 0 Å². The van der Waals surface area contributed by atoms with Gasteiger partial charge in [0.25, 0.3) is 5.91 Å². The second-order valence-corrected chi connectivity index (χ2v) is 9.52. The van der Waals surface area contributed by atoms with Gasteiger partial charge < -0.3 is 14.3 Å². The first kappa shape index (κ1) is 21.0. The molecule has 0 unspecified atom stereocenters. The van der Waals surface area contributed by atoms with E-state index in [1.165, 1.54) is 0 Å². The summed E-state index contributed by atoms with van der Waals surface area (Å²) in [7, 11) is 1.77. The Morgan fingerprint density at radius 3 is 2.72 bits per heavy atom. The predicted octanol–water partition coefficient (Wildman–Crippen LogP) is 2.64. The van der Waals surface area contributed by atoms with Gasteiger partial charge >= 0.3 is 0 Å². The van der Waals surface area contributed by atoms with Crippen LogP contribution in [-0.4, -0.2) is 60.9 Å². The van der Waals surface area contributed by atoms with Crippen molar-refractivity contribution in [2.45, 2.75) is 38.3 Å². The maximum absolute atomic E-state index is 13.3. The second kappa shape index (κ2) is 8.23. The number of pyridine rings is 1. The van der Waals surface area contributed by atoms with Crippen LogP contribution in [0.5, 0.6) is 0 Å². The van der Waals surface area contributed by atoms with Crippen LogP contribution in [0.25, 0.3) is 0 Å². The number of carbonyl (C=O) groups is 2. The molecule has 5 rings (SSSR count). The topological polar surface area (TPSA) is 92.9 Å². The number of hydrogen-bond acceptors (Lipinski definition) is 7. The van der Waals surface area contributed by atoms with E-state index in [0.717, 1.165) is 37.2 Å². The molecule has 1 saturated carbocycles. The number of rotatable bonds is 5. The highest BCUT2D eigenvalue weighted by Crippen LogP contribution is 2.42. The van der Waals surface area contributed by atoms with Crippen molar-refractivity contribution in [3.63, 3.8) is 0 Å². The summed E-state index contributed by atoms with van der Waals surface area (Å²) in [5.41, 5.74) is 0.391. The number of thioether (sulfide) groups is 1. The Morgan fingerprint density at radius 1 is 1.28 bits per heavy atom. The van der Waals surface area contributed by atoms with E-state index in [0.29, 0.717) is 29.6 Å². The monoisotopic (exact) mass is 454 g/mol. The van der Waals surface area contributed by atoms with Crippen molar-refractivity contribution in [2.75, 3.05) is 23.0 Å². The molecule has 2 aromatic heterocycles. The van der Waals surface area contributed by atoms with Crippen LogP contribution in [0.4, 0.5) is 5.69 Å². The first-order valence-electron chi connectivity index (χ1n) is 11.0. The van der Waals surface area contributed by atoms with E-state index in [4.69, 9.17) is 4.84 Å². The standard InChI is InChI=1S/C22H26N6O3S/c1-3-27(16-5-4-10-23-13-16)21(30)17-14-24-18(26(17)2)19-25-31-22(8-11-32-12-9-22)28(19)20(29)15-6-7-15/h4-5,10,13-15H,3,6-9,11-12H2,1-2H3. The van der Waals surface area contributed by atoms with Crippen molar-refractivity contribution in [2.24, 2.45) is 18.1 Å². The average Bonchev–Trinajstić information content (AvgIpc) is 3.52. The summed E-state index contributed by atoms with van der Waals surface area (Å²) in [4.78, 5) is 44.6. The fourth-order valence-corrected chi connectivity index (χ4v) is 5.41. The molecular formula is C22H26N6O3S. The molecule has 1 saturated heterocycles. The Morgan fingerprint density at radius 2 is 2.06 bits per heavy atom. The molecule has 0 atom stereocenters. The molecule has 9 nitrogen and oxygen atoms in total. The number of imidazole rings is 1. The molecule has 168 valence electrons. The molecule has 1 spiro atoms. The molecule has 2 amide bonds. The molecule has 2 fully saturated rings. The van der Waals surface area contributed by atoms with Crippen LogP contribution in [0, 0.1) is 5.92 Å². The summed E-state index contributed by atoms with van der Waals surface area (Å²) in [6.45, 7) is 2.40. The van der Waals surface area contributed by atoms with Gasteiger partial charge in [0.2, 0.25) is 17.5 Å². The van der Waals surface area contributed by atoms with Crippen molar-refractivity contribution in [3.05, 3.63) is 42.2 Å². The zero-order valence-corrected chi connectivity index (χ0v) is 19.0. The zero-order chi connectivity index (χ0) is 22.3. The van der Waals surface area contributed by atoms with E-state index >= 15 is 0 Å². The largest absolute Gasteiger partial charge is 0.364 e. The molecule has 3 aliphatic rings. The van der Waals surface area contributed by atoms with Crippen LogP contribution >= 0.6 is 11.8 Å². The van der Waals surface area contributed by atoms with Gasteiger partial charge in [-0.1, -0.05) is 5.16 Å². The summed E-state index contributed by atoms with van der Waals surface area (Å²) in [5.74, 6) is 2.58. The van der Waals surface area contributed by atoms with Crippen molar-refractivity contribution >= 4 is 35.1 Å². The summed E-state index contributed by atoms with van der Waals surface area (Å²) < 4.78 is 1.70. The summed E-state index contributed by atoms with van der Waals surface area (Å²) >= 11 is 1.86. The summed E-state index contributed by atoms with van der Waals surface area (Å²) in [6, 6.07) is 3.65. The number of amidine groups is 1. The minimum atomic E-state index is -0.735. The van der Waals surface area contributed by atoms with Crippen LogP contribution in [0.3, 0.4) is 0 Å². The first-order valence-corrected chi connectivity index (χ1v) is 12.1. The van der Waals surface area contributed by atoms with E-state index in [9.17, 15) is 9.59 Å². The van der Waals surface area contributed by atoms with Crippen molar-refractivity contribution in [1.29, 1.82) is 0 Å². The summed E-state index contributed by atoms with van der Waals surface area (Å²) in [5, 5.41) is 4.35. The third-order valence-corrected chi connectivity index (χ3v) is 7.25. The number of anilines is 1. The van der Waals surface area contributed by atoms with Crippen LogP contribution in [0.15, 0.2) is 35.9 Å². The lowest BCUT2D eigenvalue weighted by Gasteiger charge is -2.38. The Kier molecular flexibility index (Phi) is 5.40. The smallest absolute Gasteiger partial charge is 0.276 e. The molecule has 0 radical (unpaired) electrons. The first-order chi connectivity index (χ1) is 15.6. The number of aromatic nitrogens is 3. The van der Waals surface area contributed by atoms with Gasteiger partial charge in [-0.2, -0.15) is 11.8 Å². The molecule has 10 heteroatoms. The van der Waals surface area contributed by atoms with Crippen molar-refractivity contribution < 1.29 is 14.4 Å². The number of amides is 2. The fourth-order valence-electron chi connectivity index (χ4n) is 4.28. The number of oxime groups is 1. The van der Waals surface area contributed by atoms with E-state index in [1.807, 2.05) is 24.8 Å². The van der Waals surface area contributed by atoms with E-state index in [-0.39, 0.29) is 17.7 Å². The Bertz CT molecular complexity index is 1060. The molecule has 0 bridgehead atoms. The normalized spacial score (nSPS) is 19.6. The molecule has 1 aliphatic carbocycles. The quantitative estimate of drug-likeness (QED) is 0.690. The van der Waals surface area contributed by atoms with Gasteiger partial charge in [-0.3, -0.25) is 14.6 Å². The zero-order valence-electron chi connectivity index (χ0n) is 18.2. The minimum Gasteiger partial charge on any atom is -0.364 e. The third-order valence-electron chi connectivity index (χ3n) is 6.27. The van der Waals surface area contributed by atoms with Gasteiger partial charge in [0.1, 0.15) is 5.69 Å². The molecule has 2 aromatic rings. The summed E-state index contributed by atoms with van der Waals surface area (Å²) in [6.07, 6.45) is 8.12. The second-order valence-electron chi connectivity index (χ2n) is 8.30. The van der Waals surface area contributed by atoms with Gasteiger partial charge in [0.05, 0.1) is 18.1 Å². The van der Waals surface area contributed by atoms with Crippen LogP contribution in [-0.2, 0) is 16.7 Å². The van der Waals surface area contributed by atoms with Gasteiger partial charge in [-0.05, 0) is 43.4 Å². The molecule has 2 aliphatic heterocycles. The van der Waals surface area contributed by atoms with Crippen molar-refractivity contribution in [1.82, 2.24) is 19.4 Å². The average molecular weight is 455 g/mol. The fraction of sp³-hybridized carbons (Fsp3) is 0.500. The van der Waals surface area contributed by atoms with Crippen LogP contribution < -0.4 is 4.90 Å². The molecule has 32 heavy (non-hydrogen) atoms.